The molecule has 2 rings (SSSR count). The van der Waals surface area contributed by atoms with Crippen molar-refractivity contribution in [2.75, 3.05) is 18.9 Å². The third kappa shape index (κ3) is 2.84. The molecule has 1 aliphatic rings. The van der Waals surface area contributed by atoms with Gasteiger partial charge in [0.05, 0.1) is 16.6 Å². The van der Waals surface area contributed by atoms with Crippen LogP contribution in [0.15, 0.2) is 22.7 Å². The number of nitrogens with one attached hydrogen (secondary N) is 1. The lowest BCUT2D eigenvalue weighted by atomic mass is 10.0. The molecule has 1 saturated heterocycles. The standard InChI is InChI=1S/C13H17BrN2O2/c1-8(9-5-6-18-7-9)16-13(17)10-3-2-4-11(15)12(10)14/h2-4,8-9H,5-7,15H2,1H3,(H,16,17). The van der Waals surface area contributed by atoms with Gasteiger partial charge in [-0.1, -0.05) is 6.07 Å². The number of hydrogen-bond acceptors (Lipinski definition) is 3. The van der Waals surface area contributed by atoms with Crippen molar-refractivity contribution < 1.29 is 9.53 Å². The Morgan fingerprint density at radius 1 is 1.61 bits per heavy atom. The molecule has 5 heteroatoms. The summed E-state index contributed by atoms with van der Waals surface area (Å²) in [5.74, 6) is 0.294. The lowest BCUT2D eigenvalue weighted by Gasteiger charge is -2.19. The molecule has 1 aromatic rings. The van der Waals surface area contributed by atoms with Gasteiger partial charge in [0.2, 0.25) is 0 Å². The second-order valence-electron chi connectivity index (χ2n) is 4.59. The molecule has 1 aromatic carbocycles. The molecule has 0 saturated carbocycles. The highest BCUT2D eigenvalue weighted by molar-refractivity contribution is 9.10. The van der Waals surface area contributed by atoms with Crippen LogP contribution in [0.5, 0.6) is 0 Å². The van der Waals surface area contributed by atoms with Crippen molar-refractivity contribution in [3.8, 4) is 0 Å². The highest BCUT2D eigenvalue weighted by Gasteiger charge is 2.24. The fourth-order valence-corrected chi connectivity index (χ4v) is 2.52. The average Bonchev–Trinajstić information content (AvgIpc) is 2.86. The van der Waals surface area contributed by atoms with E-state index >= 15 is 0 Å². The molecule has 1 fully saturated rings. The Bertz CT molecular complexity index is 445. The second kappa shape index (κ2) is 5.71. The molecule has 2 unspecified atom stereocenters. The van der Waals surface area contributed by atoms with Crippen LogP contribution in [0.4, 0.5) is 5.69 Å². The minimum absolute atomic E-state index is 0.103. The smallest absolute Gasteiger partial charge is 0.252 e. The van der Waals surface area contributed by atoms with Crippen LogP contribution >= 0.6 is 15.9 Å². The zero-order valence-corrected chi connectivity index (χ0v) is 11.9. The number of nitrogens with two attached hydrogens (primary N) is 1. The van der Waals surface area contributed by atoms with Gasteiger partial charge < -0.3 is 15.8 Å². The van der Waals surface area contributed by atoms with E-state index in [2.05, 4.69) is 21.2 Å². The molecule has 4 nitrogen and oxygen atoms in total. The van der Waals surface area contributed by atoms with Gasteiger partial charge in [-0.2, -0.15) is 0 Å². The fourth-order valence-electron chi connectivity index (χ4n) is 2.07. The van der Waals surface area contributed by atoms with Crippen molar-refractivity contribution in [3.05, 3.63) is 28.2 Å². The first-order valence-corrected chi connectivity index (χ1v) is 6.81. The number of halogens is 1. The quantitative estimate of drug-likeness (QED) is 0.841. The monoisotopic (exact) mass is 312 g/mol. The summed E-state index contributed by atoms with van der Waals surface area (Å²) in [6.45, 7) is 3.52. The van der Waals surface area contributed by atoms with Crippen LogP contribution in [-0.4, -0.2) is 25.2 Å². The van der Waals surface area contributed by atoms with E-state index in [-0.39, 0.29) is 11.9 Å². The maximum Gasteiger partial charge on any atom is 0.252 e. The van der Waals surface area contributed by atoms with E-state index in [1.54, 1.807) is 18.2 Å². The maximum absolute atomic E-state index is 12.1. The summed E-state index contributed by atoms with van der Waals surface area (Å²) < 4.78 is 5.98. The first kappa shape index (κ1) is 13.4. The Morgan fingerprint density at radius 3 is 3.06 bits per heavy atom. The lowest BCUT2D eigenvalue weighted by molar-refractivity contribution is 0.0921. The molecular weight excluding hydrogens is 296 g/mol. The van der Waals surface area contributed by atoms with Crippen molar-refractivity contribution in [3.63, 3.8) is 0 Å². The van der Waals surface area contributed by atoms with E-state index < -0.39 is 0 Å². The van der Waals surface area contributed by atoms with Gasteiger partial charge in [0, 0.05) is 24.3 Å². The lowest BCUT2D eigenvalue weighted by Crippen LogP contribution is -2.38. The molecule has 1 heterocycles. The molecule has 98 valence electrons. The van der Waals surface area contributed by atoms with Crippen molar-refractivity contribution >= 4 is 27.5 Å². The van der Waals surface area contributed by atoms with Gasteiger partial charge in [-0.05, 0) is 41.4 Å². The van der Waals surface area contributed by atoms with E-state index in [0.29, 0.717) is 21.6 Å². The number of rotatable bonds is 3. The Hall–Kier alpha value is -1.07. The van der Waals surface area contributed by atoms with Gasteiger partial charge in [-0.3, -0.25) is 4.79 Å². The molecule has 0 radical (unpaired) electrons. The maximum atomic E-state index is 12.1. The Labute approximate surface area is 115 Å². The summed E-state index contributed by atoms with van der Waals surface area (Å²) in [6, 6.07) is 5.40. The van der Waals surface area contributed by atoms with E-state index in [1.807, 2.05) is 6.92 Å². The first-order chi connectivity index (χ1) is 8.59. The van der Waals surface area contributed by atoms with Crippen molar-refractivity contribution in [1.82, 2.24) is 5.32 Å². The second-order valence-corrected chi connectivity index (χ2v) is 5.39. The normalized spacial score (nSPS) is 20.7. The van der Waals surface area contributed by atoms with Crippen LogP contribution in [-0.2, 0) is 4.74 Å². The van der Waals surface area contributed by atoms with E-state index in [0.717, 1.165) is 19.6 Å². The predicted molar refractivity (Wildman–Crippen MR) is 74.4 cm³/mol. The molecule has 1 aliphatic heterocycles. The summed E-state index contributed by atoms with van der Waals surface area (Å²) in [7, 11) is 0. The molecule has 0 aromatic heterocycles. The fraction of sp³-hybridized carbons (Fsp3) is 0.462. The Morgan fingerprint density at radius 2 is 2.39 bits per heavy atom. The number of nitrogen functional groups attached to an aromatic ring is 1. The number of carbonyl (C=O) groups is 1. The van der Waals surface area contributed by atoms with Gasteiger partial charge in [0.15, 0.2) is 0 Å². The number of amides is 1. The van der Waals surface area contributed by atoms with Gasteiger partial charge in [-0.15, -0.1) is 0 Å². The minimum atomic E-state index is -0.103. The van der Waals surface area contributed by atoms with Gasteiger partial charge >= 0.3 is 0 Å². The van der Waals surface area contributed by atoms with Crippen molar-refractivity contribution in [2.45, 2.75) is 19.4 Å². The molecule has 1 amide bonds. The van der Waals surface area contributed by atoms with Gasteiger partial charge in [-0.25, -0.2) is 0 Å². The van der Waals surface area contributed by atoms with Gasteiger partial charge in [0.25, 0.3) is 5.91 Å². The van der Waals surface area contributed by atoms with Crippen LogP contribution < -0.4 is 11.1 Å². The van der Waals surface area contributed by atoms with Crippen molar-refractivity contribution in [1.29, 1.82) is 0 Å². The van der Waals surface area contributed by atoms with Crippen LogP contribution in [0, 0.1) is 5.92 Å². The Kier molecular flexibility index (Phi) is 4.24. The molecule has 3 N–H and O–H groups in total. The predicted octanol–water partition coefficient (Wildman–Crippen LogP) is 2.19. The van der Waals surface area contributed by atoms with E-state index in [1.165, 1.54) is 0 Å². The third-order valence-corrected chi connectivity index (χ3v) is 4.19. The van der Waals surface area contributed by atoms with Crippen LogP contribution in [0.2, 0.25) is 0 Å². The summed E-state index contributed by atoms with van der Waals surface area (Å²) in [4.78, 5) is 12.1. The summed E-state index contributed by atoms with van der Waals surface area (Å²) in [5.41, 5.74) is 6.90. The first-order valence-electron chi connectivity index (χ1n) is 6.02. The largest absolute Gasteiger partial charge is 0.398 e. The van der Waals surface area contributed by atoms with Crippen LogP contribution in [0.25, 0.3) is 0 Å². The number of ether oxygens (including phenoxy) is 1. The van der Waals surface area contributed by atoms with Gasteiger partial charge in [0.1, 0.15) is 0 Å². The molecular formula is C13H17BrN2O2. The average molecular weight is 313 g/mol. The van der Waals surface area contributed by atoms with E-state index in [9.17, 15) is 4.79 Å². The van der Waals surface area contributed by atoms with E-state index in [4.69, 9.17) is 10.5 Å². The molecule has 0 bridgehead atoms. The van der Waals surface area contributed by atoms with Crippen molar-refractivity contribution in [2.24, 2.45) is 5.92 Å². The molecule has 0 spiro atoms. The SMILES string of the molecule is CC(NC(=O)c1cccc(N)c1Br)C1CCOC1. The third-order valence-electron chi connectivity index (χ3n) is 3.30. The highest BCUT2D eigenvalue weighted by atomic mass is 79.9. The number of carbonyl (C=O) groups excluding carboxylic acids is 1. The topological polar surface area (TPSA) is 64.4 Å². The highest BCUT2D eigenvalue weighted by Crippen LogP contribution is 2.24. The number of hydrogen-bond donors (Lipinski definition) is 2. The summed E-state index contributed by atoms with van der Waals surface area (Å²) in [6.07, 6.45) is 1.000. The Balaban J connectivity index is 2.05. The van der Waals surface area contributed by atoms with Crippen LogP contribution in [0.1, 0.15) is 23.7 Å². The minimum Gasteiger partial charge on any atom is -0.398 e. The molecule has 0 aliphatic carbocycles. The molecule has 2 atom stereocenters. The number of anilines is 1. The molecule has 18 heavy (non-hydrogen) atoms. The summed E-state index contributed by atoms with van der Waals surface area (Å²) >= 11 is 3.34. The van der Waals surface area contributed by atoms with Crippen LogP contribution in [0.3, 0.4) is 0 Å². The zero-order valence-electron chi connectivity index (χ0n) is 10.3. The summed E-state index contributed by atoms with van der Waals surface area (Å²) in [5, 5.41) is 3.00. The zero-order chi connectivity index (χ0) is 13.1. The number of benzene rings is 1.